The van der Waals surface area contributed by atoms with Crippen LogP contribution >= 0.6 is 27.5 Å². The van der Waals surface area contributed by atoms with E-state index in [0.29, 0.717) is 29.4 Å². The summed E-state index contributed by atoms with van der Waals surface area (Å²) < 4.78 is 24.2. The van der Waals surface area contributed by atoms with Crippen LogP contribution in [0.4, 0.5) is 4.79 Å². The lowest BCUT2D eigenvalue weighted by atomic mass is 9.77. The molecule has 8 aromatic rings. The average Bonchev–Trinajstić information content (AvgIpc) is 3.98. The number of hydrogen-bond donors (Lipinski definition) is 0. The quantitative estimate of drug-likeness (QED) is 0.0625. The topological polar surface area (TPSA) is 136 Å². The molecular formula is C46H38BrClN6O6. The monoisotopic (exact) mass is 884 g/mol. The fourth-order valence-electron chi connectivity index (χ4n) is 7.41. The Morgan fingerprint density at radius 1 is 0.817 bits per heavy atom. The molecule has 0 saturated heterocycles. The van der Waals surface area contributed by atoms with Crippen LogP contribution in [0, 0.1) is 0 Å². The van der Waals surface area contributed by atoms with Crippen LogP contribution in [-0.4, -0.2) is 54.8 Å². The second-order valence-corrected chi connectivity index (χ2v) is 14.9. The van der Waals surface area contributed by atoms with E-state index < -0.39 is 24.0 Å². The smallest absolute Gasteiger partial charge is 0.455 e. The van der Waals surface area contributed by atoms with Crippen molar-refractivity contribution in [2.75, 3.05) is 6.61 Å². The number of furan rings is 1. The maximum Gasteiger partial charge on any atom is 0.511 e. The predicted octanol–water partition coefficient (Wildman–Crippen LogP) is 10.5. The normalized spacial score (nSPS) is 12.0. The van der Waals surface area contributed by atoms with Crippen molar-refractivity contribution in [3.05, 3.63) is 177 Å². The van der Waals surface area contributed by atoms with Crippen LogP contribution in [0.3, 0.4) is 0 Å². The van der Waals surface area contributed by atoms with Crippen molar-refractivity contribution in [1.82, 2.24) is 29.8 Å². The molecule has 0 fully saturated rings. The number of fused-ring (bicyclic) bond motifs is 1. The third-order valence-electron chi connectivity index (χ3n) is 10.0. The van der Waals surface area contributed by atoms with Gasteiger partial charge in [-0.25, -0.2) is 14.6 Å². The number of imidazole rings is 1. The molecule has 1 unspecified atom stereocenters. The Morgan fingerprint density at radius 2 is 1.42 bits per heavy atom. The number of halogens is 2. The number of rotatable bonds is 13. The lowest BCUT2D eigenvalue weighted by Crippen LogP contribution is -2.39. The number of benzene rings is 5. The van der Waals surface area contributed by atoms with E-state index in [-0.39, 0.29) is 24.0 Å². The van der Waals surface area contributed by atoms with E-state index in [4.69, 9.17) is 45.6 Å². The van der Waals surface area contributed by atoms with Gasteiger partial charge in [-0.2, -0.15) is 0 Å². The molecule has 12 nitrogen and oxygen atoms in total. The number of carbonyl (C=O) groups is 2. The molecule has 5 aromatic carbocycles. The van der Waals surface area contributed by atoms with Crippen molar-refractivity contribution in [1.29, 1.82) is 0 Å². The SMILES string of the molecule is CCOC(=O)OC(C)OC(=O)c1c(Cl)nc(CC)n1Cc1ccc2oc(-c3ccccc3-c3nnn(C(c4ccccc4)(c4ccccc4)c4ccccc4)n3)c(Br)c2c1. The Morgan fingerprint density at radius 3 is 2.02 bits per heavy atom. The zero-order valence-corrected chi connectivity index (χ0v) is 35.1. The predicted molar refractivity (Wildman–Crippen MR) is 229 cm³/mol. The summed E-state index contributed by atoms with van der Waals surface area (Å²) in [6.45, 7) is 5.31. The van der Waals surface area contributed by atoms with Crippen LogP contribution in [0.15, 0.2) is 142 Å². The highest BCUT2D eigenvalue weighted by molar-refractivity contribution is 9.10. The number of tetrazole rings is 1. The second-order valence-electron chi connectivity index (χ2n) is 13.7. The van der Waals surface area contributed by atoms with Crippen LogP contribution in [0.1, 0.15) is 59.3 Å². The molecule has 0 aliphatic carbocycles. The largest absolute Gasteiger partial charge is 0.511 e. The third-order valence-corrected chi connectivity index (χ3v) is 11.1. The Bertz CT molecular complexity index is 2690. The highest BCUT2D eigenvalue weighted by Crippen LogP contribution is 2.43. The number of esters is 1. The molecule has 0 aliphatic rings. The van der Waals surface area contributed by atoms with Crippen molar-refractivity contribution in [2.45, 2.75) is 45.6 Å². The zero-order valence-electron chi connectivity index (χ0n) is 32.8. The van der Waals surface area contributed by atoms with Crippen molar-refractivity contribution < 1.29 is 28.2 Å². The minimum atomic E-state index is -1.22. The molecule has 0 saturated carbocycles. The van der Waals surface area contributed by atoms with E-state index in [9.17, 15) is 9.59 Å². The maximum atomic E-state index is 13.4. The molecule has 1 atom stereocenters. The van der Waals surface area contributed by atoms with Gasteiger partial charge in [0.1, 0.15) is 17.2 Å². The number of carbonyl (C=O) groups excluding carboxylic acids is 2. The summed E-state index contributed by atoms with van der Waals surface area (Å²) in [5, 5.41) is 15.4. The summed E-state index contributed by atoms with van der Waals surface area (Å²) in [5.41, 5.74) is 4.95. The Kier molecular flexibility index (Phi) is 11.6. The molecule has 0 aliphatic heterocycles. The number of hydrogen-bond acceptors (Lipinski definition) is 10. The van der Waals surface area contributed by atoms with E-state index in [2.05, 4.69) is 57.3 Å². The van der Waals surface area contributed by atoms with Gasteiger partial charge in [0.05, 0.1) is 11.1 Å². The van der Waals surface area contributed by atoms with Crippen LogP contribution < -0.4 is 0 Å². The zero-order chi connectivity index (χ0) is 41.8. The molecule has 3 heterocycles. The molecule has 0 amide bonds. The standard InChI is InChI=1S/C46H38BrClN6O6/c1-4-38-49-42(48)40(44(55)58-29(3)59-45(56)57-5-2)53(38)28-30-25-26-37-36(27-30)39(47)41(60-37)34-23-15-16-24-35(34)43-50-52-54(51-43)46(31-17-9-6-10-18-31,32-19-11-7-12-20-32)33-21-13-8-14-22-33/h6-27,29H,4-5,28H2,1-3H3. The minimum absolute atomic E-state index is 0.0243. The molecule has 0 radical (unpaired) electrons. The lowest BCUT2D eigenvalue weighted by Gasteiger charge is -2.34. The molecule has 0 bridgehead atoms. The van der Waals surface area contributed by atoms with E-state index in [1.54, 1.807) is 16.3 Å². The highest BCUT2D eigenvalue weighted by atomic mass is 79.9. The van der Waals surface area contributed by atoms with Gasteiger partial charge in [0.2, 0.25) is 12.1 Å². The molecule has 60 heavy (non-hydrogen) atoms. The average molecular weight is 886 g/mol. The second kappa shape index (κ2) is 17.3. The highest BCUT2D eigenvalue weighted by Gasteiger charge is 2.41. The summed E-state index contributed by atoms with van der Waals surface area (Å²) in [6, 6.07) is 44.1. The first kappa shape index (κ1) is 40.2. The molecule has 14 heteroatoms. The summed E-state index contributed by atoms with van der Waals surface area (Å²) in [7, 11) is 0. The van der Waals surface area contributed by atoms with Gasteiger partial charge in [0, 0.05) is 36.4 Å². The van der Waals surface area contributed by atoms with Gasteiger partial charge in [0.15, 0.2) is 16.4 Å². The van der Waals surface area contributed by atoms with Crippen LogP contribution in [0.2, 0.25) is 5.15 Å². The first-order chi connectivity index (χ1) is 29.2. The molecule has 302 valence electrons. The van der Waals surface area contributed by atoms with Crippen LogP contribution in [0.5, 0.6) is 0 Å². The van der Waals surface area contributed by atoms with Gasteiger partial charge in [0.25, 0.3) is 0 Å². The minimum Gasteiger partial charge on any atom is -0.455 e. The van der Waals surface area contributed by atoms with Crippen LogP contribution in [-0.2, 0) is 32.7 Å². The first-order valence-electron chi connectivity index (χ1n) is 19.3. The number of ether oxygens (including phenoxy) is 3. The molecule has 3 aromatic heterocycles. The van der Waals surface area contributed by atoms with E-state index in [1.165, 1.54) is 6.92 Å². The van der Waals surface area contributed by atoms with E-state index in [1.807, 2.05) is 104 Å². The summed E-state index contributed by atoms with van der Waals surface area (Å²) in [6.07, 6.45) is -1.69. The maximum absolute atomic E-state index is 13.4. The van der Waals surface area contributed by atoms with Crippen molar-refractivity contribution in [3.63, 3.8) is 0 Å². The number of nitrogens with zero attached hydrogens (tertiary/aromatic N) is 6. The van der Waals surface area contributed by atoms with Crippen molar-refractivity contribution in [2.24, 2.45) is 0 Å². The van der Waals surface area contributed by atoms with Gasteiger partial charge in [-0.05, 0) is 62.5 Å². The lowest BCUT2D eigenvalue weighted by molar-refractivity contribution is -0.0816. The molecular weight excluding hydrogens is 848 g/mol. The number of aryl methyl sites for hydroxylation is 1. The van der Waals surface area contributed by atoms with Gasteiger partial charge in [-0.3, -0.25) is 0 Å². The van der Waals surface area contributed by atoms with Gasteiger partial charge in [-0.1, -0.05) is 140 Å². The molecule has 0 spiro atoms. The van der Waals surface area contributed by atoms with E-state index >= 15 is 0 Å². The van der Waals surface area contributed by atoms with E-state index in [0.717, 1.165) is 43.2 Å². The fourth-order valence-corrected chi connectivity index (χ4v) is 8.29. The third kappa shape index (κ3) is 7.57. The summed E-state index contributed by atoms with van der Waals surface area (Å²) in [5.74, 6) is 0.765. The Balaban J connectivity index is 1.16. The van der Waals surface area contributed by atoms with Crippen molar-refractivity contribution >= 4 is 50.6 Å². The van der Waals surface area contributed by atoms with Gasteiger partial charge in [-0.15, -0.1) is 15.0 Å². The number of aromatic nitrogens is 6. The van der Waals surface area contributed by atoms with Gasteiger partial charge < -0.3 is 23.2 Å². The summed E-state index contributed by atoms with van der Waals surface area (Å²) >= 11 is 10.4. The van der Waals surface area contributed by atoms with Gasteiger partial charge >= 0.3 is 12.1 Å². The summed E-state index contributed by atoms with van der Waals surface area (Å²) in [4.78, 5) is 31.3. The van der Waals surface area contributed by atoms with Crippen molar-refractivity contribution in [3.8, 4) is 22.7 Å². The molecule has 0 N–H and O–H groups in total. The Labute approximate surface area is 358 Å². The molecule has 8 rings (SSSR count). The first-order valence-corrected chi connectivity index (χ1v) is 20.5. The van der Waals surface area contributed by atoms with Crippen LogP contribution in [0.25, 0.3) is 33.7 Å². The Hall–Kier alpha value is -6.57. The fraction of sp³-hybridized carbons (Fsp3) is 0.174.